The lowest BCUT2D eigenvalue weighted by molar-refractivity contribution is 0.0901. The molecule has 0 aliphatic carbocycles. The monoisotopic (exact) mass is 295 g/mol. The molecule has 1 saturated heterocycles. The van der Waals surface area contributed by atoms with Crippen LogP contribution in [0.1, 0.15) is 25.0 Å². The highest BCUT2D eigenvalue weighted by Gasteiger charge is 2.31. The second kappa shape index (κ2) is 7.52. The zero-order valence-corrected chi connectivity index (χ0v) is 13.3. The van der Waals surface area contributed by atoms with Crippen molar-refractivity contribution in [3.63, 3.8) is 0 Å². The highest BCUT2D eigenvalue weighted by Crippen LogP contribution is 2.43. The summed E-state index contributed by atoms with van der Waals surface area (Å²) in [5.74, 6) is 2.42. The van der Waals surface area contributed by atoms with E-state index in [1.165, 1.54) is 0 Å². The quantitative estimate of drug-likeness (QED) is 0.837. The smallest absolute Gasteiger partial charge is 0.203 e. The summed E-state index contributed by atoms with van der Waals surface area (Å²) in [5.41, 5.74) is 1.07. The molecule has 2 atom stereocenters. The lowest BCUT2D eigenvalue weighted by Crippen LogP contribution is -2.24. The molecule has 0 radical (unpaired) electrons. The van der Waals surface area contributed by atoms with Crippen molar-refractivity contribution >= 4 is 0 Å². The third-order valence-electron chi connectivity index (χ3n) is 3.89. The first-order valence-electron chi connectivity index (χ1n) is 7.37. The predicted octanol–water partition coefficient (Wildman–Crippen LogP) is 2.40. The standard InChI is InChI=1S/C16H25NO4/c1-5-17-10-11-6-7-21-15(11)12-8-13(18-2)16(20-4)14(9-12)19-3/h8-9,11,15,17H,5-7,10H2,1-4H3. The fraction of sp³-hybridized carbons (Fsp3) is 0.625. The second-order valence-corrected chi connectivity index (χ2v) is 5.11. The van der Waals surface area contributed by atoms with E-state index in [-0.39, 0.29) is 6.10 Å². The van der Waals surface area contributed by atoms with E-state index < -0.39 is 0 Å². The van der Waals surface area contributed by atoms with Gasteiger partial charge >= 0.3 is 0 Å². The molecule has 1 aliphatic rings. The summed E-state index contributed by atoms with van der Waals surface area (Å²) in [7, 11) is 4.87. The Hall–Kier alpha value is -1.46. The fourth-order valence-electron chi connectivity index (χ4n) is 2.81. The van der Waals surface area contributed by atoms with Crippen molar-refractivity contribution in [2.45, 2.75) is 19.4 Å². The van der Waals surface area contributed by atoms with Gasteiger partial charge in [0.2, 0.25) is 5.75 Å². The van der Waals surface area contributed by atoms with Crippen LogP contribution in [0.15, 0.2) is 12.1 Å². The molecule has 2 rings (SSSR count). The van der Waals surface area contributed by atoms with Gasteiger partial charge in [0.1, 0.15) is 0 Å². The Morgan fingerprint density at radius 3 is 2.33 bits per heavy atom. The van der Waals surface area contributed by atoms with Crippen LogP contribution in [-0.4, -0.2) is 41.0 Å². The predicted molar refractivity (Wildman–Crippen MR) is 81.4 cm³/mol. The number of benzene rings is 1. The van der Waals surface area contributed by atoms with Crippen LogP contribution in [0.25, 0.3) is 0 Å². The lowest BCUT2D eigenvalue weighted by atomic mass is 9.94. The average molecular weight is 295 g/mol. The molecule has 1 N–H and O–H groups in total. The Labute approximate surface area is 126 Å². The number of methoxy groups -OCH3 is 3. The highest BCUT2D eigenvalue weighted by molar-refractivity contribution is 5.54. The number of ether oxygens (including phenoxy) is 4. The topological polar surface area (TPSA) is 49.0 Å². The van der Waals surface area contributed by atoms with Crippen molar-refractivity contribution in [2.24, 2.45) is 5.92 Å². The maximum absolute atomic E-state index is 5.93. The Bertz CT molecular complexity index is 439. The van der Waals surface area contributed by atoms with Gasteiger partial charge in [0.15, 0.2) is 11.5 Å². The molecule has 2 unspecified atom stereocenters. The van der Waals surface area contributed by atoms with E-state index in [9.17, 15) is 0 Å². The van der Waals surface area contributed by atoms with Gasteiger partial charge in [0.25, 0.3) is 0 Å². The Morgan fingerprint density at radius 1 is 1.14 bits per heavy atom. The van der Waals surface area contributed by atoms with Crippen LogP contribution in [0.5, 0.6) is 17.2 Å². The van der Waals surface area contributed by atoms with Gasteiger partial charge < -0.3 is 24.3 Å². The number of nitrogens with one attached hydrogen (secondary N) is 1. The van der Waals surface area contributed by atoms with Gasteiger partial charge in [-0.1, -0.05) is 6.92 Å². The minimum absolute atomic E-state index is 0.0674. The van der Waals surface area contributed by atoms with Gasteiger partial charge in [-0.25, -0.2) is 0 Å². The van der Waals surface area contributed by atoms with Gasteiger partial charge in [-0.15, -0.1) is 0 Å². The molecule has 1 heterocycles. The Kier molecular flexibility index (Phi) is 5.70. The summed E-state index contributed by atoms with van der Waals surface area (Å²) in [6.07, 6.45) is 1.13. The summed E-state index contributed by atoms with van der Waals surface area (Å²) in [6.45, 7) is 4.83. The van der Waals surface area contributed by atoms with Crippen LogP contribution in [-0.2, 0) is 4.74 Å². The van der Waals surface area contributed by atoms with E-state index in [0.29, 0.717) is 23.2 Å². The van der Waals surface area contributed by atoms with Crippen LogP contribution in [0.3, 0.4) is 0 Å². The lowest BCUT2D eigenvalue weighted by Gasteiger charge is -2.21. The van der Waals surface area contributed by atoms with Crippen molar-refractivity contribution in [3.05, 3.63) is 17.7 Å². The minimum Gasteiger partial charge on any atom is -0.493 e. The van der Waals surface area contributed by atoms with Crippen molar-refractivity contribution < 1.29 is 18.9 Å². The zero-order valence-electron chi connectivity index (χ0n) is 13.3. The van der Waals surface area contributed by atoms with E-state index in [4.69, 9.17) is 18.9 Å². The first-order valence-corrected chi connectivity index (χ1v) is 7.37. The van der Waals surface area contributed by atoms with Gasteiger partial charge in [-0.05, 0) is 30.7 Å². The van der Waals surface area contributed by atoms with E-state index in [1.54, 1.807) is 21.3 Å². The van der Waals surface area contributed by atoms with E-state index in [0.717, 1.165) is 31.7 Å². The molecule has 1 fully saturated rings. The number of rotatable bonds is 7. The first-order chi connectivity index (χ1) is 10.2. The second-order valence-electron chi connectivity index (χ2n) is 5.11. The molecule has 0 bridgehead atoms. The highest BCUT2D eigenvalue weighted by atomic mass is 16.5. The first kappa shape index (κ1) is 15.9. The summed E-state index contributed by atoms with van der Waals surface area (Å²) in [6, 6.07) is 3.96. The molecule has 0 aromatic heterocycles. The summed E-state index contributed by atoms with van der Waals surface area (Å²) < 4.78 is 22.1. The molecule has 0 amide bonds. The SMILES string of the molecule is CCNCC1CCOC1c1cc(OC)c(OC)c(OC)c1. The largest absolute Gasteiger partial charge is 0.493 e. The van der Waals surface area contributed by atoms with Crippen LogP contribution < -0.4 is 19.5 Å². The molecular formula is C16H25NO4. The molecule has 21 heavy (non-hydrogen) atoms. The average Bonchev–Trinajstić information content (AvgIpc) is 2.99. The zero-order chi connectivity index (χ0) is 15.2. The van der Waals surface area contributed by atoms with Crippen LogP contribution in [0, 0.1) is 5.92 Å². The van der Waals surface area contributed by atoms with E-state index >= 15 is 0 Å². The van der Waals surface area contributed by atoms with Gasteiger partial charge in [-0.2, -0.15) is 0 Å². The van der Waals surface area contributed by atoms with E-state index in [2.05, 4.69) is 12.2 Å². The molecule has 1 aromatic carbocycles. The van der Waals surface area contributed by atoms with Crippen molar-refractivity contribution in [1.29, 1.82) is 0 Å². The van der Waals surface area contributed by atoms with Crippen LogP contribution in [0.4, 0.5) is 0 Å². The molecule has 5 heteroatoms. The number of hydrogen-bond acceptors (Lipinski definition) is 5. The fourth-order valence-corrected chi connectivity index (χ4v) is 2.81. The van der Waals surface area contributed by atoms with Crippen molar-refractivity contribution in [3.8, 4) is 17.2 Å². The maximum Gasteiger partial charge on any atom is 0.203 e. The van der Waals surface area contributed by atoms with Gasteiger partial charge in [0, 0.05) is 19.1 Å². The Balaban J connectivity index is 2.30. The normalized spacial score (nSPS) is 21.3. The summed E-state index contributed by atoms with van der Waals surface area (Å²) >= 11 is 0. The van der Waals surface area contributed by atoms with Crippen molar-refractivity contribution in [2.75, 3.05) is 41.0 Å². The van der Waals surface area contributed by atoms with E-state index in [1.807, 2.05) is 12.1 Å². The summed E-state index contributed by atoms with van der Waals surface area (Å²) in [4.78, 5) is 0. The van der Waals surface area contributed by atoms with Crippen LogP contribution in [0.2, 0.25) is 0 Å². The minimum atomic E-state index is 0.0674. The molecule has 0 spiro atoms. The molecule has 1 aromatic rings. The maximum atomic E-state index is 5.93. The van der Waals surface area contributed by atoms with Crippen LogP contribution >= 0.6 is 0 Å². The molecule has 0 saturated carbocycles. The van der Waals surface area contributed by atoms with Crippen molar-refractivity contribution in [1.82, 2.24) is 5.32 Å². The number of hydrogen-bond donors (Lipinski definition) is 1. The Morgan fingerprint density at radius 2 is 1.81 bits per heavy atom. The third-order valence-corrected chi connectivity index (χ3v) is 3.89. The molecular weight excluding hydrogens is 270 g/mol. The van der Waals surface area contributed by atoms with Gasteiger partial charge in [0.05, 0.1) is 27.4 Å². The molecule has 5 nitrogen and oxygen atoms in total. The summed E-state index contributed by atoms with van der Waals surface area (Å²) in [5, 5.41) is 3.40. The van der Waals surface area contributed by atoms with Gasteiger partial charge in [-0.3, -0.25) is 0 Å². The third kappa shape index (κ3) is 3.41. The molecule has 1 aliphatic heterocycles. The molecule has 118 valence electrons.